The first-order valence-corrected chi connectivity index (χ1v) is 7.13. The Morgan fingerprint density at radius 2 is 2.33 bits per heavy atom. The molecule has 0 saturated carbocycles. The minimum atomic E-state index is -0.514. The van der Waals surface area contributed by atoms with Gasteiger partial charge >= 0.3 is 5.97 Å². The largest absolute Gasteiger partial charge is 0.464 e. The summed E-state index contributed by atoms with van der Waals surface area (Å²) in [6.45, 7) is 2.05. The van der Waals surface area contributed by atoms with E-state index in [1.165, 1.54) is 16.7 Å². The maximum atomic E-state index is 12.2. The second kappa shape index (κ2) is 5.60. The third-order valence-electron chi connectivity index (χ3n) is 3.02. The van der Waals surface area contributed by atoms with E-state index in [0.29, 0.717) is 31.1 Å². The predicted octanol–water partition coefficient (Wildman–Crippen LogP) is -0.270. The van der Waals surface area contributed by atoms with Gasteiger partial charge in [-0.2, -0.15) is 0 Å². The molecular formula is C11H16N2O4S. The minimum absolute atomic E-state index is 0.104. The van der Waals surface area contributed by atoms with Crippen molar-refractivity contribution in [1.82, 2.24) is 10.2 Å². The molecule has 2 saturated heterocycles. The predicted molar refractivity (Wildman–Crippen MR) is 65.8 cm³/mol. The molecule has 0 aliphatic carbocycles. The van der Waals surface area contributed by atoms with E-state index in [1.807, 2.05) is 0 Å². The summed E-state index contributed by atoms with van der Waals surface area (Å²) < 4.78 is 4.96. The van der Waals surface area contributed by atoms with Crippen LogP contribution in [0.1, 0.15) is 19.8 Å². The minimum Gasteiger partial charge on any atom is -0.464 e. The number of hydrogen-bond donors (Lipinski definition) is 1. The number of amides is 2. The van der Waals surface area contributed by atoms with Gasteiger partial charge in [0.2, 0.25) is 11.8 Å². The van der Waals surface area contributed by atoms with Gasteiger partial charge in [0.25, 0.3) is 0 Å². The zero-order valence-corrected chi connectivity index (χ0v) is 11.0. The number of rotatable bonds is 3. The van der Waals surface area contributed by atoms with E-state index in [4.69, 9.17) is 4.74 Å². The maximum absolute atomic E-state index is 12.2. The van der Waals surface area contributed by atoms with Crippen LogP contribution in [0.25, 0.3) is 0 Å². The summed E-state index contributed by atoms with van der Waals surface area (Å²) in [7, 11) is 0. The molecule has 0 spiro atoms. The van der Waals surface area contributed by atoms with Crippen molar-refractivity contribution in [3.05, 3.63) is 0 Å². The lowest BCUT2D eigenvalue weighted by Gasteiger charge is -2.24. The molecule has 2 rings (SSSR count). The van der Waals surface area contributed by atoms with Crippen LogP contribution in [0.2, 0.25) is 0 Å². The van der Waals surface area contributed by atoms with E-state index in [9.17, 15) is 14.4 Å². The van der Waals surface area contributed by atoms with Gasteiger partial charge in [-0.1, -0.05) is 0 Å². The number of nitrogens with one attached hydrogen (secondary N) is 1. The van der Waals surface area contributed by atoms with Crippen LogP contribution in [0.4, 0.5) is 0 Å². The summed E-state index contributed by atoms with van der Waals surface area (Å²) in [5.41, 5.74) is 0. The first-order chi connectivity index (χ1) is 8.63. The Labute approximate surface area is 109 Å². The number of ether oxygens (including phenoxy) is 1. The van der Waals surface area contributed by atoms with Crippen LogP contribution in [0.5, 0.6) is 0 Å². The smallest absolute Gasteiger partial charge is 0.329 e. The Kier molecular flexibility index (Phi) is 4.11. The molecule has 0 aromatic rings. The Hall–Kier alpha value is -1.24. The molecule has 6 nitrogen and oxygen atoms in total. The van der Waals surface area contributed by atoms with E-state index in [0.717, 1.165) is 0 Å². The van der Waals surface area contributed by atoms with Crippen molar-refractivity contribution in [2.75, 3.05) is 18.2 Å². The van der Waals surface area contributed by atoms with Crippen LogP contribution in [0.3, 0.4) is 0 Å². The van der Waals surface area contributed by atoms with Crippen LogP contribution in [0.15, 0.2) is 0 Å². The summed E-state index contributed by atoms with van der Waals surface area (Å²) in [6, 6.07) is -0.993. The average molecular weight is 272 g/mol. The van der Waals surface area contributed by atoms with Crippen molar-refractivity contribution in [3.63, 3.8) is 0 Å². The molecule has 2 amide bonds. The molecule has 0 radical (unpaired) electrons. The number of thioether (sulfide) groups is 1. The zero-order chi connectivity index (χ0) is 13.1. The molecule has 2 aliphatic rings. The molecule has 0 unspecified atom stereocenters. The molecule has 2 heterocycles. The Morgan fingerprint density at radius 3 is 2.94 bits per heavy atom. The van der Waals surface area contributed by atoms with Gasteiger partial charge in [-0.15, -0.1) is 11.8 Å². The summed E-state index contributed by atoms with van der Waals surface area (Å²) in [6.07, 6.45) is 0.885. The van der Waals surface area contributed by atoms with Crippen molar-refractivity contribution in [2.24, 2.45) is 0 Å². The van der Waals surface area contributed by atoms with Crippen molar-refractivity contribution >= 4 is 29.5 Å². The lowest BCUT2D eigenvalue weighted by atomic mass is 10.2. The molecule has 18 heavy (non-hydrogen) atoms. The fraction of sp³-hybridized carbons (Fsp3) is 0.727. The Morgan fingerprint density at radius 1 is 1.56 bits per heavy atom. The first kappa shape index (κ1) is 13.2. The fourth-order valence-corrected chi connectivity index (χ4v) is 3.24. The molecule has 1 N–H and O–H groups in total. The molecule has 0 aromatic heterocycles. The van der Waals surface area contributed by atoms with Crippen molar-refractivity contribution in [2.45, 2.75) is 31.8 Å². The third kappa shape index (κ3) is 2.60. The zero-order valence-electron chi connectivity index (χ0n) is 10.2. The van der Waals surface area contributed by atoms with E-state index < -0.39 is 12.1 Å². The molecule has 2 aliphatic heterocycles. The molecule has 0 bridgehead atoms. The summed E-state index contributed by atoms with van der Waals surface area (Å²) in [5.74, 6) is 0.400. The highest BCUT2D eigenvalue weighted by Gasteiger charge is 2.40. The highest BCUT2D eigenvalue weighted by atomic mass is 32.2. The highest BCUT2D eigenvalue weighted by Crippen LogP contribution is 2.24. The summed E-state index contributed by atoms with van der Waals surface area (Å²) in [5, 5.41) is 2.63. The lowest BCUT2D eigenvalue weighted by molar-refractivity contribution is -0.153. The van der Waals surface area contributed by atoms with Crippen LogP contribution in [-0.4, -0.2) is 53.0 Å². The highest BCUT2D eigenvalue weighted by molar-refractivity contribution is 7.99. The van der Waals surface area contributed by atoms with E-state index in [1.54, 1.807) is 6.92 Å². The van der Waals surface area contributed by atoms with Gasteiger partial charge in [0.1, 0.15) is 12.1 Å². The topological polar surface area (TPSA) is 75.7 Å². The monoisotopic (exact) mass is 272 g/mol. The number of carbonyl (C=O) groups is 3. The van der Waals surface area contributed by atoms with Gasteiger partial charge in [0, 0.05) is 12.2 Å². The van der Waals surface area contributed by atoms with Crippen LogP contribution >= 0.6 is 11.8 Å². The van der Waals surface area contributed by atoms with Gasteiger partial charge < -0.3 is 15.0 Å². The normalized spacial score (nSPS) is 27.2. The van der Waals surface area contributed by atoms with Crippen LogP contribution in [0, 0.1) is 0 Å². The Bertz CT molecular complexity index is 374. The number of hydrogen-bond acceptors (Lipinski definition) is 5. The molecule has 100 valence electrons. The first-order valence-electron chi connectivity index (χ1n) is 5.97. The van der Waals surface area contributed by atoms with Crippen LogP contribution < -0.4 is 5.32 Å². The Balaban J connectivity index is 2.00. The summed E-state index contributed by atoms with van der Waals surface area (Å²) in [4.78, 5) is 36.5. The van der Waals surface area contributed by atoms with Gasteiger partial charge in [-0.05, 0) is 13.3 Å². The SMILES string of the molecule is CCOC(=O)[C@H]1CSCN1C(=O)[C@@H]1CCC(=O)N1. The summed E-state index contributed by atoms with van der Waals surface area (Å²) >= 11 is 1.52. The van der Waals surface area contributed by atoms with Gasteiger partial charge in [-0.25, -0.2) is 4.79 Å². The van der Waals surface area contributed by atoms with E-state index in [2.05, 4.69) is 5.32 Å². The molecule has 7 heteroatoms. The average Bonchev–Trinajstić information content (AvgIpc) is 2.96. The lowest BCUT2D eigenvalue weighted by Crippen LogP contribution is -2.49. The second-order valence-electron chi connectivity index (χ2n) is 4.23. The third-order valence-corrected chi connectivity index (χ3v) is 4.03. The van der Waals surface area contributed by atoms with Crippen molar-refractivity contribution < 1.29 is 19.1 Å². The van der Waals surface area contributed by atoms with Crippen LogP contribution in [-0.2, 0) is 19.1 Å². The number of nitrogens with zero attached hydrogens (tertiary/aromatic N) is 1. The van der Waals surface area contributed by atoms with Crippen molar-refractivity contribution in [3.8, 4) is 0 Å². The van der Waals surface area contributed by atoms with Gasteiger partial charge in [0.15, 0.2) is 0 Å². The maximum Gasteiger partial charge on any atom is 0.329 e. The second-order valence-corrected chi connectivity index (χ2v) is 5.23. The molecule has 2 atom stereocenters. The van der Waals surface area contributed by atoms with Gasteiger partial charge in [-0.3, -0.25) is 9.59 Å². The quantitative estimate of drug-likeness (QED) is 0.716. The van der Waals surface area contributed by atoms with E-state index in [-0.39, 0.29) is 17.8 Å². The molecule has 0 aromatic carbocycles. The van der Waals surface area contributed by atoms with Gasteiger partial charge in [0.05, 0.1) is 12.5 Å². The standard InChI is InChI=1S/C11H16N2O4S/c1-2-17-11(16)8-5-18-6-13(8)10(15)7-3-4-9(14)12-7/h7-8H,2-6H2,1H3,(H,12,14)/t7-,8+/m0/s1. The molecular weight excluding hydrogens is 256 g/mol. The number of carbonyl (C=O) groups excluding carboxylic acids is 3. The fourth-order valence-electron chi connectivity index (χ4n) is 2.09. The molecule has 2 fully saturated rings. The number of esters is 1. The van der Waals surface area contributed by atoms with Crippen molar-refractivity contribution in [1.29, 1.82) is 0 Å². The van der Waals surface area contributed by atoms with E-state index >= 15 is 0 Å².